The molecule has 0 unspecified atom stereocenters. The van der Waals surface area contributed by atoms with Gasteiger partial charge in [0.1, 0.15) is 6.54 Å². The van der Waals surface area contributed by atoms with Crippen molar-refractivity contribution >= 4 is 11.6 Å². The van der Waals surface area contributed by atoms with Crippen LogP contribution < -0.4 is 10.6 Å². The number of benzene rings is 1. The number of amides is 1. The Kier molecular flexibility index (Phi) is 4.47. The van der Waals surface area contributed by atoms with E-state index in [9.17, 15) is 4.79 Å². The lowest BCUT2D eigenvalue weighted by molar-refractivity contribution is -0.119. The van der Waals surface area contributed by atoms with Gasteiger partial charge in [0.15, 0.2) is 0 Å². The Morgan fingerprint density at radius 1 is 1.45 bits per heavy atom. The summed E-state index contributed by atoms with van der Waals surface area (Å²) >= 11 is 0. The van der Waals surface area contributed by atoms with E-state index in [0.29, 0.717) is 13.1 Å². The normalized spacial score (nSPS) is 10.6. The molecule has 0 aliphatic rings. The van der Waals surface area contributed by atoms with Gasteiger partial charge in [-0.25, -0.2) is 4.68 Å². The number of carbonyl (C=O) groups excluding carboxylic acids is 1. The van der Waals surface area contributed by atoms with Crippen LogP contribution in [0.2, 0.25) is 0 Å². The van der Waals surface area contributed by atoms with Crippen LogP contribution in [0.4, 0.5) is 5.69 Å². The molecule has 0 saturated carbocycles. The molecule has 2 N–H and O–H groups in total. The number of likely N-dealkylation sites (N-methyl/N-ethyl adjacent to an activating group) is 1. The van der Waals surface area contributed by atoms with Crippen LogP contribution in [0.15, 0.2) is 30.5 Å². The molecular formula is C14H19N5O. The Balaban J connectivity index is 2.18. The first kappa shape index (κ1) is 14.2. The predicted octanol–water partition coefficient (Wildman–Crippen LogP) is 1.10. The second kappa shape index (κ2) is 6.29. The van der Waals surface area contributed by atoms with E-state index in [1.165, 1.54) is 0 Å². The van der Waals surface area contributed by atoms with Gasteiger partial charge < -0.3 is 10.6 Å². The van der Waals surface area contributed by atoms with E-state index >= 15 is 0 Å². The second-order valence-electron chi connectivity index (χ2n) is 4.56. The maximum Gasteiger partial charge on any atom is 0.248 e. The number of anilines is 1. The van der Waals surface area contributed by atoms with Gasteiger partial charge in [-0.1, -0.05) is 17.3 Å². The van der Waals surface area contributed by atoms with Crippen molar-refractivity contribution < 1.29 is 4.79 Å². The summed E-state index contributed by atoms with van der Waals surface area (Å²) in [4.78, 5) is 14.1. The third-order valence-electron chi connectivity index (χ3n) is 3.12. The van der Waals surface area contributed by atoms with Gasteiger partial charge in [0.2, 0.25) is 5.91 Å². The van der Waals surface area contributed by atoms with Crippen molar-refractivity contribution in [3.05, 3.63) is 41.7 Å². The Morgan fingerprint density at radius 3 is 2.90 bits per heavy atom. The number of nitrogens with two attached hydrogens (primary N) is 1. The van der Waals surface area contributed by atoms with E-state index < -0.39 is 0 Å². The number of hydrogen-bond acceptors (Lipinski definition) is 4. The Labute approximate surface area is 118 Å². The monoisotopic (exact) mass is 273 g/mol. The zero-order valence-electron chi connectivity index (χ0n) is 11.8. The third kappa shape index (κ3) is 3.03. The summed E-state index contributed by atoms with van der Waals surface area (Å²) in [7, 11) is 0. The van der Waals surface area contributed by atoms with Gasteiger partial charge in [-0.05, 0) is 31.5 Å². The smallest absolute Gasteiger partial charge is 0.248 e. The molecule has 0 atom stereocenters. The maximum atomic E-state index is 12.4. The number of carbonyl (C=O) groups is 1. The Hall–Kier alpha value is -2.21. The first-order valence-corrected chi connectivity index (χ1v) is 6.60. The van der Waals surface area contributed by atoms with E-state index in [0.717, 1.165) is 16.9 Å². The fourth-order valence-electron chi connectivity index (χ4n) is 2.08. The molecular weight excluding hydrogens is 254 g/mol. The molecule has 0 fully saturated rings. The minimum Gasteiger partial charge on any atom is -0.325 e. The van der Waals surface area contributed by atoms with E-state index in [4.69, 9.17) is 5.73 Å². The fourth-order valence-corrected chi connectivity index (χ4v) is 2.08. The lowest BCUT2D eigenvalue weighted by Gasteiger charge is -2.21. The minimum atomic E-state index is -0.0294. The summed E-state index contributed by atoms with van der Waals surface area (Å²) in [6.07, 6.45) is 1.58. The Bertz CT molecular complexity index is 593. The molecule has 1 aromatic heterocycles. The number of rotatable bonds is 5. The van der Waals surface area contributed by atoms with E-state index in [2.05, 4.69) is 10.3 Å². The molecule has 106 valence electrons. The quantitative estimate of drug-likeness (QED) is 0.885. The molecule has 0 radical (unpaired) electrons. The molecule has 6 nitrogen and oxygen atoms in total. The van der Waals surface area contributed by atoms with Gasteiger partial charge >= 0.3 is 0 Å². The minimum absolute atomic E-state index is 0.0294. The van der Waals surface area contributed by atoms with Gasteiger partial charge in [0.25, 0.3) is 0 Å². The van der Waals surface area contributed by atoms with Gasteiger partial charge in [-0.15, -0.1) is 5.10 Å². The lowest BCUT2D eigenvalue weighted by atomic mass is 10.2. The molecule has 0 saturated heterocycles. The molecule has 0 spiro atoms. The molecule has 20 heavy (non-hydrogen) atoms. The zero-order valence-corrected chi connectivity index (χ0v) is 11.8. The van der Waals surface area contributed by atoms with Crippen LogP contribution in [0.5, 0.6) is 0 Å². The summed E-state index contributed by atoms with van der Waals surface area (Å²) in [5.41, 5.74) is 8.35. The van der Waals surface area contributed by atoms with Gasteiger partial charge in [-0.3, -0.25) is 4.79 Å². The van der Waals surface area contributed by atoms with Crippen molar-refractivity contribution in [1.29, 1.82) is 0 Å². The standard InChI is InChI=1S/C14H19N5O/c1-3-18(12-6-4-5-11(2)7-12)14(20)10-19-13(8-15)9-16-17-19/h4-7,9H,3,8,10,15H2,1-2H3. The Morgan fingerprint density at radius 2 is 2.25 bits per heavy atom. The first-order chi connectivity index (χ1) is 9.65. The van der Waals surface area contributed by atoms with Crippen LogP contribution >= 0.6 is 0 Å². The van der Waals surface area contributed by atoms with Crippen molar-refractivity contribution in [1.82, 2.24) is 15.0 Å². The molecule has 0 aliphatic carbocycles. The highest BCUT2D eigenvalue weighted by molar-refractivity contribution is 5.93. The number of nitrogens with zero attached hydrogens (tertiary/aromatic N) is 4. The first-order valence-electron chi connectivity index (χ1n) is 6.60. The average molecular weight is 273 g/mol. The van der Waals surface area contributed by atoms with Gasteiger partial charge in [0.05, 0.1) is 11.9 Å². The molecule has 2 rings (SSSR count). The summed E-state index contributed by atoms with van der Waals surface area (Å²) < 4.78 is 1.54. The summed E-state index contributed by atoms with van der Waals surface area (Å²) in [6.45, 7) is 5.03. The van der Waals surface area contributed by atoms with Crippen LogP contribution in [-0.2, 0) is 17.9 Å². The van der Waals surface area contributed by atoms with Crippen LogP contribution in [-0.4, -0.2) is 27.4 Å². The highest BCUT2D eigenvalue weighted by Gasteiger charge is 2.16. The molecule has 0 bridgehead atoms. The number of aromatic nitrogens is 3. The van der Waals surface area contributed by atoms with Crippen LogP contribution in [0.1, 0.15) is 18.2 Å². The van der Waals surface area contributed by atoms with Crippen LogP contribution in [0, 0.1) is 6.92 Å². The third-order valence-corrected chi connectivity index (χ3v) is 3.12. The predicted molar refractivity (Wildman–Crippen MR) is 77.1 cm³/mol. The second-order valence-corrected chi connectivity index (χ2v) is 4.56. The molecule has 1 aromatic carbocycles. The highest BCUT2D eigenvalue weighted by Crippen LogP contribution is 2.16. The van der Waals surface area contributed by atoms with Crippen molar-refractivity contribution in [2.75, 3.05) is 11.4 Å². The SMILES string of the molecule is CCN(C(=O)Cn1nncc1CN)c1cccc(C)c1. The zero-order chi connectivity index (χ0) is 14.5. The van der Waals surface area contributed by atoms with Crippen molar-refractivity contribution in [2.45, 2.75) is 26.9 Å². The van der Waals surface area contributed by atoms with Crippen molar-refractivity contribution in [3.63, 3.8) is 0 Å². The van der Waals surface area contributed by atoms with E-state index in [-0.39, 0.29) is 12.5 Å². The largest absolute Gasteiger partial charge is 0.325 e. The van der Waals surface area contributed by atoms with Gasteiger partial charge in [0, 0.05) is 18.8 Å². The number of aryl methyl sites for hydroxylation is 1. The lowest BCUT2D eigenvalue weighted by Crippen LogP contribution is -2.34. The summed E-state index contributed by atoms with van der Waals surface area (Å²) in [6, 6.07) is 7.87. The van der Waals surface area contributed by atoms with E-state index in [1.54, 1.807) is 15.8 Å². The molecule has 6 heteroatoms. The van der Waals surface area contributed by atoms with Crippen molar-refractivity contribution in [2.24, 2.45) is 5.73 Å². The molecule has 1 amide bonds. The summed E-state index contributed by atoms with van der Waals surface area (Å²) in [5.74, 6) is -0.0294. The van der Waals surface area contributed by atoms with E-state index in [1.807, 2.05) is 38.1 Å². The number of hydrogen-bond donors (Lipinski definition) is 1. The highest BCUT2D eigenvalue weighted by atomic mass is 16.2. The topological polar surface area (TPSA) is 77.0 Å². The fraction of sp³-hybridized carbons (Fsp3) is 0.357. The van der Waals surface area contributed by atoms with Crippen LogP contribution in [0.3, 0.4) is 0 Å². The maximum absolute atomic E-state index is 12.4. The average Bonchev–Trinajstić information content (AvgIpc) is 2.87. The van der Waals surface area contributed by atoms with Crippen LogP contribution in [0.25, 0.3) is 0 Å². The molecule has 0 aliphatic heterocycles. The van der Waals surface area contributed by atoms with Gasteiger partial charge in [-0.2, -0.15) is 0 Å². The summed E-state index contributed by atoms with van der Waals surface area (Å²) in [5, 5.41) is 7.67. The molecule has 1 heterocycles. The molecule has 2 aromatic rings. The van der Waals surface area contributed by atoms with Crippen molar-refractivity contribution in [3.8, 4) is 0 Å².